The SMILES string of the molecule is Cc1ccc(CN)c(OCC(C)(C)N(C)C)n1. The molecule has 0 saturated carbocycles. The summed E-state index contributed by atoms with van der Waals surface area (Å²) in [6.45, 7) is 7.24. The Morgan fingerprint density at radius 2 is 2.00 bits per heavy atom. The van der Waals surface area contributed by atoms with Crippen molar-refractivity contribution in [1.82, 2.24) is 9.88 Å². The number of aryl methyl sites for hydroxylation is 1. The fourth-order valence-electron chi connectivity index (χ4n) is 1.22. The number of aromatic nitrogens is 1. The second kappa shape index (κ2) is 5.47. The van der Waals surface area contributed by atoms with Crippen molar-refractivity contribution >= 4 is 0 Å². The van der Waals surface area contributed by atoms with E-state index in [0.29, 0.717) is 19.0 Å². The van der Waals surface area contributed by atoms with Crippen LogP contribution < -0.4 is 10.5 Å². The molecular formula is C13H23N3O. The molecule has 1 heterocycles. The van der Waals surface area contributed by atoms with Gasteiger partial charge in [-0.1, -0.05) is 6.07 Å². The summed E-state index contributed by atoms with van der Waals surface area (Å²) >= 11 is 0. The predicted octanol–water partition coefficient (Wildman–Crippen LogP) is 1.57. The van der Waals surface area contributed by atoms with Gasteiger partial charge in [0.1, 0.15) is 6.61 Å². The van der Waals surface area contributed by atoms with Crippen LogP contribution in [0.1, 0.15) is 25.1 Å². The van der Waals surface area contributed by atoms with Crippen LogP contribution in [0.3, 0.4) is 0 Å². The third kappa shape index (κ3) is 3.68. The molecule has 0 aromatic carbocycles. The minimum atomic E-state index is -0.0305. The maximum atomic E-state index is 5.80. The summed E-state index contributed by atoms with van der Waals surface area (Å²) < 4.78 is 5.80. The Labute approximate surface area is 104 Å². The largest absolute Gasteiger partial charge is 0.475 e. The summed E-state index contributed by atoms with van der Waals surface area (Å²) in [6, 6.07) is 3.92. The number of nitrogens with two attached hydrogens (primary N) is 1. The predicted molar refractivity (Wildman–Crippen MR) is 70.1 cm³/mol. The van der Waals surface area contributed by atoms with Crippen LogP contribution in [0, 0.1) is 6.92 Å². The summed E-state index contributed by atoms with van der Waals surface area (Å²) in [5, 5.41) is 0. The standard InChI is InChI=1S/C13H23N3O/c1-10-6-7-11(8-14)12(15-10)17-9-13(2,3)16(4)5/h6-7H,8-9,14H2,1-5H3. The Hall–Kier alpha value is -1.13. The number of nitrogens with zero attached hydrogens (tertiary/aromatic N) is 2. The number of pyridine rings is 1. The Kier molecular flexibility index (Phi) is 4.48. The first-order valence-electron chi connectivity index (χ1n) is 5.83. The van der Waals surface area contributed by atoms with Crippen LogP contribution in [-0.4, -0.2) is 36.1 Å². The molecule has 4 nitrogen and oxygen atoms in total. The van der Waals surface area contributed by atoms with Gasteiger partial charge in [-0.3, -0.25) is 0 Å². The average Bonchev–Trinajstić information content (AvgIpc) is 2.26. The first-order chi connectivity index (χ1) is 7.86. The fourth-order valence-corrected chi connectivity index (χ4v) is 1.22. The highest BCUT2D eigenvalue weighted by atomic mass is 16.5. The normalized spacial score (nSPS) is 11.9. The van der Waals surface area contributed by atoms with Crippen LogP contribution >= 0.6 is 0 Å². The Morgan fingerprint density at radius 3 is 2.53 bits per heavy atom. The molecule has 0 unspecified atom stereocenters. The lowest BCUT2D eigenvalue weighted by molar-refractivity contribution is 0.110. The van der Waals surface area contributed by atoms with Crippen molar-refractivity contribution in [2.75, 3.05) is 20.7 Å². The number of likely N-dealkylation sites (N-methyl/N-ethyl adjacent to an activating group) is 1. The van der Waals surface area contributed by atoms with Gasteiger partial charge in [-0.25, -0.2) is 4.98 Å². The average molecular weight is 237 g/mol. The van der Waals surface area contributed by atoms with E-state index in [-0.39, 0.29) is 5.54 Å². The summed E-state index contributed by atoms with van der Waals surface area (Å²) in [4.78, 5) is 6.52. The molecule has 1 aromatic heterocycles. The molecule has 0 spiro atoms. The van der Waals surface area contributed by atoms with Crippen LogP contribution in [0.25, 0.3) is 0 Å². The van der Waals surface area contributed by atoms with E-state index >= 15 is 0 Å². The molecule has 1 rings (SSSR count). The van der Waals surface area contributed by atoms with E-state index < -0.39 is 0 Å². The maximum absolute atomic E-state index is 5.80. The van der Waals surface area contributed by atoms with Crippen molar-refractivity contribution in [1.29, 1.82) is 0 Å². The van der Waals surface area contributed by atoms with Crippen molar-refractivity contribution in [3.63, 3.8) is 0 Å². The molecule has 4 heteroatoms. The van der Waals surface area contributed by atoms with Gasteiger partial charge >= 0.3 is 0 Å². The lowest BCUT2D eigenvalue weighted by atomic mass is 10.1. The minimum Gasteiger partial charge on any atom is -0.475 e. The smallest absolute Gasteiger partial charge is 0.218 e. The van der Waals surface area contributed by atoms with Gasteiger partial charge < -0.3 is 15.4 Å². The first-order valence-corrected chi connectivity index (χ1v) is 5.83. The third-order valence-electron chi connectivity index (χ3n) is 3.07. The highest BCUT2D eigenvalue weighted by Crippen LogP contribution is 2.18. The molecule has 1 aromatic rings. The Balaban J connectivity index is 2.78. The molecule has 0 radical (unpaired) electrons. The van der Waals surface area contributed by atoms with Gasteiger partial charge in [0.15, 0.2) is 0 Å². The van der Waals surface area contributed by atoms with E-state index in [0.717, 1.165) is 11.3 Å². The van der Waals surface area contributed by atoms with E-state index in [4.69, 9.17) is 10.5 Å². The van der Waals surface area contributed by atoms with Crippen LogP contribution in [0.15, 0.2) is 12.1 Å². The molecule has 96 valence electrons. The molecule has 0 aliphatic rings. The highest BCUT2D eigenvalue weighted by Gasteiger charge is 2.22. The maximum Gasteiger partial charge on any atom is 0.218 e. The molecular weight excluding hydrogens is 214 g/mol. The van der Waals surface area contributed by atoms with Crippen LogP contribution in [-0.2, 0) is 6.54 Å². The van der Waals surface area contributed by atoms with Gasteiger partial charge in [-0.2, -0.15) is 0 Å². The molecule has 0 fully saturated rings. The topological polar surface area (TPSA) is 51.4 Å². The van der Waals surface area contributed by atoms with Gasteiger partial charge in [-0.05, 0) is 40.9 Å². The van der Waals surface area contributed by atoms with E-state index in [1.807, 2.05) is 33.2 Å². The Morgan fingerprint density at radius 1 is 1.35 bits per heavy atom. The highest BCUT2D eigenvalue weighted by molar-refractivity contribution is 5.27. The zero-order valence-corrected chi connectivity index (χ0v) is 11.4. The van der Waals surface area contributed by atoms with E-state index in [1.54, 1.807) is 0 Å². The quantitative estimate of drug-likeness (QED) is 0.844. The number of hydrogen-bond donors (Lipinski definition) is 1. The first kappa shape index (κ1) is 13.9. The molecule has 0 atom stereocenters. The zero-order chi connectivity index (χ0) is 13.1. The molecule has 0 bridgehead atoms. The van der Waals surface area contributed by atoms with Crippen LogP contribution in [0.4, 0.5) is 0 Å². The number of hydrogen-bond acceptors (Lipinski definition) is 4. The Bertz CT molecular complexity index is 375. The third-order valence-corrected chi connectivity index (χ3v) is 3.07. The molecule has 2 N–H and O–H groups in total. The lowest BCUT2D eigenvalue weighted by Gasteiger charge is -2.32. The van der Waals surface area contributed by atoms with E-state index in [1.165, 1.54) is 0 Å². The van der Waals surface area contributed by atoms with Gasteiger partial charge in [0, 0.05) is 23.3 Å². The minimum absolute atomic E-state index is 0.0305. The van der Waals surface area contributed by atoms with Gasteiger partial charge in [-0.15, -0.1) is 0 Å². The second-order valence-corrected chi connectivity index (χ2v) is 5.12. The van der Waals surface area contributed by atoms with Gasteiger partial charge in [0.05, 0.1) is 0 Å². The van der Waals surface area contributed by atoms with Crippen molar-refractivity contribution in [3.05, 3.63) is 23.4 Å². The molecule has 17 heavy (non-hydrogen) atoms. The molecule has 0 amide bonds. The van der Waals surface area contributed by atoms with Gasteiger partial charge in [0.2, 0.25) is 5.88 Å². The monoisotopic (exact) mass is 237 g/mol. The fraction of sp³-hybridized carbons (Fsp3) is 0.615. The molecule has 0 aliphatic carbocycles. The van der Waals surface area contributed by atoms with Crippen molar-refractivity contribution in [2.24, 2.45) is 5.73 Å². The zero-order valence-electron chi connectivity index (χ0n) is 11.4. The number of ether oxygens (including phenoxy) is 1. The summed E-state index contributed by atoms with van der Waals surface area (Å²) in [6.07, 6.45) is 0. The van der Waals surface area contributed by atoms with Crippen LogP contribution in [0.2, 0.25) is 0 Å². The number of rotatable bonds is 5. The van der Waals surface area contributed by atoms with E-state index in [2.05, 4.69) is 23.7 Å². The molecule has 0 saturated heterocycles. The van der Waals surface area contributed by atoms with Crippen molar-refractivity contribution < 1.29 is 4.74 Å². The second-order valence-electron chi connectivity index (χ2n) is 5.12. The molecule has 0 aliphatic heterocycles. The summed E-state index contributed by atoms with van der Waals surface area (Å²) in [7, 11) is 4.08. The lowest BCUT2D eigenvalue weighted by Crippen LogP contribution is -2.43. The summed E-state index contributed by atoms with van der Waals surface area (Å²) in [5.74, 6) is 0.655. The van der Waals surface area contributed by atoms with Crippen molar-refractivity contribution in [3.8, 4) is 5.88 Å². The summed E-state index contributed by atoms with van der Waals surface area (Å²) in [5.41, 5.74) is 7.53. The van der Waals surface area contributed by atoms with Crippen molar-refractivity contribution in [2.45, 2.75) is 32.9 Å². The van der Waals surface area contributed by atoms with Gasteiger partial charge in [0.25, 0.3) is 0 Å². The van der Waals surface area contributed by atoms with Crippen LogP contribution in [0.5, 0.6) is 5.88 Å². The van der Waals surface area contributed by atoms with E-state index in [9.17, 15) is 0 Å².